The van der Waals surface area contributed by atoms with Gasteiger partial charge in [-0.1, -0.05) is 12.1 Å². The lowest BCUT2D eigenvalue weighted by molar-refractivity contribution is 0.102. The van der Waals surface area contributed by atoms with Gasteiger partial charge in [0.2, 0.25) is 21.9 Å². The van der Waals surface area contributed by atoms with E-state index in [9.17, 15) is 8.42 Å². The summed E-state index contributed by atoms with van der Waals surface area (Å²) < 4.78 is 53.6. The number of hydrogen-bond acceptors (Lipinski definition) is 11. The van der Waals surface area contributed by atoms with Crippen LogP contribution in [0.15, 0.2) is 47.7 Å². The van der Waals surface area contributed by atoms with E-state index in [0.717, 1.165) is 0 Å². The molecule has 0 spiro atoms. The van der Waals surface area contributed by atoms with E-state index >= 15 is 0 Å². The van der Waals surface area contributed by atoms with Gasteiger partial charge in [-0.3, -0.25) is 9.29 Å². The van der Waals surface area contributed by atoms with Crippen LogP contribution in [0.5, 0.6) is 11.5 Å². The molecule has 0 aliphatic carbocycles. The zero-order valence-corrected chi connectivity index (χ0v) is 23.3. The molecule has 1 aliphatic heterocycles. The standard InChI is InChI=1S/C25H31N7O6S/c1-15(23(38-6)17-13-26-16(2)27-14-17)39(33,34)31-25-30-29-24(18-9-7-12-21(28-18)37-5)32(25)22-19(35-3)10-8-11-20(22)36-4/h7-8,10-15,18,23H,9H2,1-6H3,(H,30,31)/t15-,18?,23+/m1/s1. The molecule has 14 heteroatoms. The summed E-state index contributed by atoms with van der Waals surface area (Å²) in [5.41, 5.74) is 0.928. The zero-order valence-electron chi connectivity index (χ0n) is 22.5. The van der Waals surface area contributed by atoms with E-state index < -0.39 is 27.4 Å². The quantitative estimate of drug-likeness (QED) is 0.394. The Balaban J connectivity index is 1.82. The molecule has 1 N–H and O–H groups in total. The Morgan fingerprint density at radius 3 is 2.28 bits per heavy atom. The fourth-order valence-corrected chi connectivity index (χ4v) is 5.38. The Morgan fingerprint density at radius 1 is 1.03 bits per heavy atom. The molecule has 0 fully saturated rings. The van der Waals surface area contributed by atoms with E-state index in [4.69, 9.17) is 18.9 Å². The van der Waals surface area contributed by atoms with Crippen LogP contribution in [0, 0.1) is 6.92 Å². The van der Waals surface area contributed by atoms with Crippen molar-refractivity contribution in [2.75, 3.05) is 33.2 Å². The van der Waals surface area contributed by atoms with Gasteiger partial charge in [0.05, 0.1) is 21.3 Å². The van der Waals surface area contributed by atoms with E-state index in [-0.39, 0.29) is 5.95 Å². The van der Waals surface area contributed by atoms with Gasteiger partial charge in [0, 0.05) is 25.1 Å². The largest absolute Gasteiger partial charge is 0.494 e. The van der Waals surface area contributed by atoms with Crippen molar-refractivity contribution in [3.8, 4) is 17.2 Å². The Hall–Kier alpha value is -4.04. The maximum atomic E-state index is 13.7. The summed E-state index contributed by atoms with van der Waals surface area (Å²) in [6.07, 6.45) is 6.39. The van der Waals surface area contributed by atoms with Gasteiger partial charge < -0.3 is 18.9 Å². The fourth-order valence-electron chi connectivity index (χ4n) is 4.21. The van der Waals surface area contributed by atoms with Crippen LogP contribution >= 0.6 is 0 Å². The van der Waals surface area contributed by atoms with Gasteiger partial charge in [-0.2, -0.15) is 0 Å². The summed E-state index contributed by atoms with van der Waals surface area (Å²) in [7, 11) is 1.86. The predicted octanol–water partition coefficient (Wildman–Crippen LogP) is 2.95. The summed E-state index contributed by atoms with van der Waals surface area (Å²) in [6, 6.07) is 4.70. The van der Waals surface area contributed by atoms with Gasteiger partial charge in [0.25, 0.3) is 0 Å². The maximum absolute atomic E-state index is 13.7. The molecule has 1 aromatic carbocycles. The number of aliphatic imine (C=N–C) groups is 1. The molecule has 0 bridgehead atoms. The van der Waals surface area contributed by atoms with Gasteiger partial charge >= 0.3 is 0 Å². The lowest BCUT2D eigenvalue weighted by atomic mass is 10.1. The topological polar surface area (TPSA) is 152 Å². The highest BCUT2D eigenvalue weighted by molar-refractivity contribution is 7.93. The van der Waals surface area contributed by atoms with Crippen LogP contribution in [0.1, 0.15) is 42.7 Å². The molecular formula is C25H31N7O6S. The molecule has 3 atom stereocenters. The maximum Gasteiger partial charge on any atom is 0.243 e. The second-order valence-electron chi connectivity index (χ2n) is 8.63. The van der Waals surface area contributed by atoms with E-state index in [1.807, 2.05) is 6.08 Å². The number of nitrogens with one attached hydrogen (secondary N) is 1. The molecule has 0 saturated carbocycles. The third-order valence-corrected chi connectivity index (χ3v) is 7.95. The molecule has 3 aromatic rings. The van der Waals surface area contributed by atoms with Crippen LogP contribution in [0.4, 0.5) is 5.95 Å². The summed E-state index contributed by atoms with van der Waals surface area (Å²) in [5.74, 6) is 2.09. The van der Waals surface area contributed by atoms with E-state index in [2.05, 4.69) is 29.9 Å². The SMILES string of the molecule is COC1=NC(c2nnc(NS(=O)(=O)[C@H](C)[C@H](OC)c3cnc(C)nc3)n2-c2c(OC)cccc2OC)CC=C1. The number of sulfonamides is 1. The van der Waals surface area contributed by atoms with Crippen LogP contribution in [-0.4, -0.2) is 72.7 Å². The first-order valence-corrected chi connectivity index (χ1v) is 13.6. The minimum atomic E-state index is -4.10. The minimum absolute atomic E-state index is 0.0709. The summed E-state index contributed by atoms with van der Waals surface area (Å²) in [5, 5.41) is 7.50. The Labute approximate surface area is 227 Å². The van der Waals surface area contributed by atoms with Gasteiger partial charge in [-0.05, 0) is 38.5 Å². The summed E-state index contributed by atoms with van der Waals surface area (Å²) in [4.78, 5) is 12.9. The first-order chi connectivity index (χ1) is 18.7. The predicted molar refractivity (Wildman–Crippen MR) is 144 cm³/mol. The van der Waals surface area contributed by atoms with Crippen LogP contribution in [0.3, 0.4) is 0 Å². The average molecular weight is 558 g/mol. The Morgan fingerprint density at radius 2 is 1.69 bits per heavy atom. The van der Waals surface area contributed by atoms with Crippen molar-refractivity contribution in [1.82, 2.24) is 24.7 Å². The normalized spacial score (nSPS) is 16.8. The minimum Gasteiger partial charge on any atom is -0.494 e. The van der Waals surface area contributed by atoms with Crippen LogP contribution in [0.2, 0.25) is 0 Å². The molecule has 208 valence electrons. The van der Waals surface area contributed by atoms with Gasteiger partial charge in [0.15, 0.2) is 5.82 Å². The van der Waals surface area contributed by atoms with Crippen LogP contribution in [-0.2, 0) is 19.5 Å². The fraction of sp³-hybridized carbons (Fsp3) is 0.400. The molecule has 1 aliphatic rings. The van der Waals surface area contributed by atoms with E-state index in [0.29, 0.717) is 46.7 Å². The number of ether oxygens (including phenoxy) is 4. The molecule has 4 rings (SSSR count). The van der Waals surface area contributed by atoms with Crippen molar-refractivity contribution < 1.29 is 27.4 Å². The molecule has 0 saturated heterocycles. The van der Waals surface area contributed by atoms with Gasteiger partial charge in [-0.25, -0.2) is 23.4 Å². The molecule has 0 amide bonds. The number of methoxy groups -OCH3 is 4. The van der Waals surface area contributed by atoms with Gasteiger partial charge in [0.1, 0.15) is 40.4 Å². The van der Waals surface area contributed by atoms with E-state index in [1.165, 1.54) is 35.4 Å². The van der Waals surface area contributed by atoms with Crippen LogP contribution < -0.4 is 14.2 Å². The Kier molecular flexibility index (Phi) is 8.45. The smallest absolute Gasteiger partial charge is 0.243 e. The molecule has 1 unspecified atom stereocenters. The number of anilines is 1. The third kappa shape index (κ3) is 5.71. The molecule has 39 heavy (non-hydrogen) atoms. The van der Waals surface area contributed by atoms with E-state index in [1.54, 1.807) is 48.2 Å². The Bertz CT molecular complexity index is 1450. The first kappa shape index (κ1) is 28.0. The third-order valence-electron chi connectivity index (χ3n) is 6.26. The lowest BCUT2D eigenvalue weighted by Crippen LogP contribution is -2.33. The molecule has 3 heterocycles. The molecule has 0 radical (unpaired) electrons. The van der Waals surface area contributed by atoms with Crippen molar-refractivity contribution in [3.05, 3.63) is 60.0 Å². The van der Waals surface area contributed by atoms with Crippen molar-refractivity contribution in [3.63, 3.8) is 0 Å². The average Bonchev–Trinajstić information content (AvgIpc) is 3.35. The highest BCUT2D eigenvalue weighted by atomic mass is 32.2. The molecular weight excluding hydrogens is 526 g/mol. The van der Waals surface area contributed by atoms with Crippen molar-refractivity contribution >= 4 is 21.9 Å². The zero-order chi connectivity index (χ0) is 28.2. The number of nitrogens with zero attached hydrogens (tertiary/aromatic N) is 6. The summed E-state index contributed by atoms with van der Waals surface area (Å²) in [6.45, 7) is 3.27. The number of aromatic nitrogens is 5. The number of aryl methyl sites for hydroxylation is 1. The second kappa shape index (κ2) is 11.8. The van der Waals surface area contributed by atoms with Crippen molar-refractivity contribution in [2.45, 2.75) is 37.7 Å². The number of hydrogen-bond donors (Lipinski definition) is 1. The monoisotopic (exact) mass is 557 g/mol. The number of rotatable bonds is 10. The molecule has 13 nitrogen and oxygen atoms in total. The van der Waals surface area contributed by atoms with Crippen molar-refractivity contribution in [1.29, 1.82) is 0 Å². The van der Waals surface area contributed by atoms with Crippen LogP contribution in [0.25, 0.3) is 5.69 Å². The molecule has 2 aromatic heterocycles. The highest BCUT2D eigenvalue weighted by Gasteiger charge is 2.35. The van der Waals surface area contributed by atoms with Crippen molar-refractivity contribution in [2.24, 2.45) is 4.99 Å². The number of benzene rings is 1. The second-order valence-corrected chi connectivity index (χ2v) is 10.7. The first-order valence-electron chi connectivity index (χ1n) is 12.0. The number of dihydropyridines is 1. The highest BCUT2D eigenvalue weighted by Crippen LogP contribution is 2.38. The lowest BCUT2D eigenvalue weighted by Gasteiger charge is -2.24. The summed E-state index contributed by atoms with van der Waals surface area (Å²) >= 11 is 0. The van der Waals surface area contributed by atoms with Gasteiger partial charge in [-0.15, -0.1) is 10.2 Å². The number of para-hydroxylation sites is 1.